The summed E-state index contributed by atoms with van der Waals surface area (Å²) < 4.78 is 27.6. The predicted octanol–water partition coefficient (Wildman–Crippen LogP) is 3.36. The maximum absolute atomic E-state index is 12.4. The molecule has 1 aliphatic heterocycles. The van der Waals surface area contributed by atoms with Gasteiger partial charge in [-0.25, -0.2) is 18.1 Å². The zero-order chi connectivity index (χ0) is 21.2. The monoisotopic (exact) mass is 416 g/mol. The van der Waals surface area contributed by atoms with Crippen LogP contribution < -0.4 is 9.62 Å². The highest BCUT2D eigenvalue weighted by Crippen LogP contribution is 2.24. The third kappa shape index (κ3) is 5.56. The van der Waals surface area contributed by atoms with Gasteiger partial charge in [-0.05, 0) is 64.4 Å². The van der Waals surface area contributed by atoms with Crippen molar-refractivity contribution in [2.24, 2.45) is 0 Å². The molecule has 7 heteroatoms. The maximum Gasteiger partial charge on any atom is 0.241 e. The first kappa shape index (κ1) is 21.7. The van der Waals surface area contributed by atoms with E-state index >= 15 is 0 Å². The van der Waals surface area contributed by atoms with Crippen LogP contribution in [0.25, 0.3) is 11.1 Å². The molecule has 0 spiro atoms. The van der Waals surface area contributed by atoms with Gasteiger partial charge in [0.15, 0.2) is 0 Å². The predicted molar refractivity (Wildman–Crippen MR) is 119 cm³/mol. The van der Waals surface area contributed by atoms with Crippen molar-refractivity contribution in [1.29, 1.82) is 0 Å². The van der Waals surface area contributed by atoms with Gasteiger partial charge < -0.3 is 4.90 Å². The molecule has 1 saturated heterocycles. The van der Waals surface area contributed by atoms with Crippen LogP contribution >= 0.6 is 0 Å². The lowest BCUT2D eigenvalue weighted by Gasteiger charge is -2.37. The molecular formula is C22H32N4O2S. The van der Waals surface area contributed by atoms with Crippen molar-refractivity contribution in [3.8, 4) is 11.1 Å². The van der Waals surface area contributed by atoms with E-state index in [1.165, 1.54) is 0 Å². The second-order valence-corrected chi connectivity index (χ2v) is 10.6. The SMILES string of the molecule is CC(C)N1CCN(c2ccc(-c3ccc(S(=O)(=O)NC(C)(C)C)cc3)cn2)CC1. The van der Waals surface area contributed by atoms with E-state index < -0.39 is 15.6 Å². The first-order valence-corrected chi connectivity index (χ1v) is 11.6. The summed E-state index contributed by atoms with van der Waals surface area (Å²) in [5.41, 5.74) is 1.41. The summed E-state index contributed by atoms with van der Waals surface area (Å²) in [5.74, 6) is 0.991. The van der Waals surface area contributed by atoms with Gasteiger partial charge in [-0.3, -0.25) is 4.90 Å². The molecule has 158 valence electrons. The standard InChI is InChI=1S/C22H32N4O2S/c1-17(2)25-12-14-26(15-13-25)21-11-8-19(16-23-21)18-6-9-20(10-7-18)29(27,28)24-22(3,4)5/h6-11,16-17,24H,12-15H2,1-5H3. The van der Waals surface area contributed by atoms with Gasteiger partial charge in [-0.15, -0.1) is 0 Å². The van der Waals surface area contributed by atoms with E-state index in [2.05, 4.69) is 33.4 Å². The summed E-state index contributed by atoms with van der Waals surface area (Å²) in [6, 6.07) is 11.6. The molecule has 3 rings (SSSR count). The molecule has 29 heavy (non-hydrogen) atoms. The first-order chi connectivity index (χ1) is 13.5. The number of hydrogen-bond donors (Lipinski definition) is 1. The molecule has 2 aromatic rings. The van der Waals surface area contributed by atoms with Gasteiger partial charge in [0.05, 0.1) is 4.90 Å². The average molecular weight is 417 g/mol. The molecule has 1 aromatic heterocycles. The number of benzene rings is 1. The third-order valence-corrected chi connectivity index (χ3v) is 6.83. The summed E-state index contributed by atoms with van der Waals surface area (Å²) in [4.78, 5) is 9.71. The first-order valence-electron chi connectivity index (χ1n) is 10.1. The Kier molecular flexibility index (Phi) is 6.31. The summed E-state index contributed by atoms with van der Waals surface area (Å²) >= 11 is 0. The Bertz CT molecular complexity index is 909. The fourth-order valence-electron chi connectivity index (χ4n) is 3.50. The van der Waals surface area contributed by atoms with Gasteiger partial charge in [0, 0.05) is 49.5 Å². The van der Waals surface area contributed by atoms with Crippen molar-refractivity contribution in [3.63, 3.8) is 0 Å². The lowest BCUT2D eigenvalue weighted by molar-refractivity contribution is 0.209. The molecule has 1 N–H and O–H groups in total. The number of piperazine rings is 1. The Morgan fingerprint density at radius 3 is 2.00 bits per heavy atom. The van der Waals surface area contributed by atoms with Crippen molar-refractivity contribution < 1.29 is 8.42 Å². The van der Waals surface area contributed by atoms with Crippen molar-refractivity contribution in [3.05, 3.63) is 42.6 Å². The molecule has 1 aromatic carbocycles. The molecule has 0 aliphatic carbocycles. The minimum absolute atomic E-state index is 0.267. The molecule has 0 amide bonds. The number of hydrogen-bond acceptors (Lipinski definition) is 5. The Labute approximate surface area is 175 Å². The van der Waals surface area contributed by atoms with Crippen molar-refractivity contribution in [1.82, 2.24) is 14.6 Å². The van der Waals surface area contributed by atoms with E-state index in [-0.39, 0.29) is 4.90 Å². The number of aromatic nitrogens is 1. The molecule has 1 aliphatic rings. The topological polar surface area (TPSA) is 65.5 Å². The Morgan fingerprint density at radius 1 is 0.931 bits per heavy atom. The van der Waals surface area contributed by atoms with Crippen molar-refractivity contribution >= 4 is 15.8 Å². The molecule has 6 nitrogen and oxygen atoms in total. The van der Waals surface area contributed by atoms with Crippen LogP contribution in [-0.2, 0) is 10.0 Å². The zero-order valence-electron chi connectivity index (χ0n) is 18.0. The van der Waals surface area contributed by atoms with E-state index in [1.54, 1.807) is 12.1 Å². The Balaban J connectivity index is 1.69. The highest BCUT2D eigenvalue weighted by molar-refractivity contribution is 7.89. The van der Waals surface area contributed by atoms with Gasteiger partial charge in [0.1, 0.15) is 5.82 Å². The summed E-state index contributed by atoms with van der Waals surface area (Å²) in [6.45, 7) is 14.0. The fraction of sp³-hybridized carbons (Fsp3) is 0.500. The Hall–Kier alpha value is -1.96. The Morgan fingerprint density at radius 2 is 1.52 bits per heavy atom. The van der Waals surface area contributed by atoms with Crippen LogP contribution in [0.1, 0.15) is 34.6 Å². The lowest BCUT2D eigenvalue weighted by Crippen LogP contribution is -2.49. The van der Waals surface area contributed by atoms with Crippen molar-refractivity contribution in [2.75, 3.05) is 31.1 Å². The minimum atomic E-state index is -3.53. The van der Waals surface area contributed by atoms with Crippen LogP contribution in [0.15, 0.2) is 47.5 Å². The third-order valence-electron chi connectivity index (χ3n) is 5.05. The van der Waals surface area contributed by atoms with Gasteiger partial charge in [-0.2, -0.15) is 0 Å². The number of nitrogens with zero attached hydrogens (tertiary/aromatic N) is 3. The van der Waals surface area contributed by atoms with Crippen LogP contribution in [0.5, 0.6) is 0 Å². The highest BCUT2D eigenvalue weighted by atomic mass is 32.2. The summed E-state index contributed by atoms with van der Waals surface area (Å²) in [6.07, 6.45) is 1.86. The fourth-order valence-corrected chi connectivity index (χ4v) is 4.92. The summed E-state index contributed by atoms with van der Waals surface area (Å²) in [7, 11) is -3.53. The zero-order valence-corrected chi connectivity index (χ0v) is 18.8. The molecule has 0 radical (unpaired) electrons. The lowest BCUT2D eigenvalue weighted by atomic mass is 10.1. The largest absolute Gasteiger partial charge is 0.354 e. The van der Waals surface area contributed by atoms with Crippen LogP contribution in [0.2, 0.25) is 0 Å². The van der Waals surface area contributed by atoms with E-state index in [9.17, 15) is 8.42 Å². The molecule has 1 fully saturated rings. The van der Waals surface area contributed by atoms with Gasteiger partial charge in [0.2, 0.25) is 10.0 Å². The number of anilines is 1. The second kappa shape index (κ2) is 8.42. The quantitative estimate of drug-likeness (QED) is 0.810. The molecular weight excluding hydrogens is 384 g/mol. The molecule has 0 saturated carbocycles. The highest BCUT2D eigenvalue weighted by Gasteiger charge is 2.22. The van der Waals surface area contributed by atoms with Crippen LogP contribution in [0.3, 0.4) is 0 Å². The number of nitrogens with one attached hydrogen (secondary N) is 1. The van der Waals surface area contributed by atoms with Crippen LogP contribution in [0.4, 0.5) is 5.82 Å². The molecule has 0 bridgehead atoms. The number of rotatable bonds is 5. The van der Waals surface area contributed by atoms with E-state index in [4.69, 9.17) is 0 Å². The van der Waals surface area contributed by atoms with Crippen molar-refractivity contribution in [2.45, 2.75) is 51.1 Å². The van der Waals surface area contributed by atoms with Gasteiger partial charge in [0.25, 0.3) is 0 Å². The van der Waals surface area contributed by atoms with Crippen LogP contribution in [0, 0.1) is 0 Å². The smallest absolute Gasteiger partial charge is 0.241 e. The van der Waals surface area contributed by atoms with Gasteiger partial charge in [-0.1, -0.05) is 12.1 Å². The van der Waals surface area contributed by atoms with E-state index in [1.807, 2.05) is 51.2 Å². The van der Waals surface area contributed by atoms with Gasteiger partial charge >= 0.3 is 0 Å². The second-order valence-electron chi connectivity index (χ2n) is 8.90. The normalized spacial score (nSPS) is 16.4. The maximum atomic E-state index is 12.4. The number of pyridine rings is 1. The number of sulfonamides is 1. The van der Waals surface area contributed by atoms with E-state index in [0.29, 0.717) is 6.04 Å². The minimum Gasteiger partial charge on any atom is -0.354 e. The molecule has 0 atom stereocenters. The molecule has 0 unspecified atom stereocenters. The molecule has 2 heterocycles. The van der Waals surface area contributed by atoms with E-state index in [0.717, 1.165) is 43.1 Å². The average Bonchev–Trinajstić information content (AvgIpc) is 2.66. The van der Waals surface area contributed by atoms with Crippen LogP contribution in [-0.4, -0.2) is 56.1 Å². The summed E-state index contributed by atoms with van der Waals surface area (Å²) in [5, 5.41) is 0.